The summed E-state index contributed by atoms with van der Waals surface area (Å²) in [5.74, 6) is 2.66. The zero-order valence-corrected chi connectivity index (χ0v) is 9.35. The highest BCUT2D eigenvalue weighted by atomic mass is 14.5. The normalized spacial score (nSPS) is 28.8. The minimum atomic E-state index is 0.653. The fourth-order valence-electron chi connectivity index (χ4n) is 3.61. The fraction of sp³-hybridized carbons (Fsp3) is 1.00. The van der Waals surface area contributed by atoms with E-state index in [1.165, 1.54) is 19.3 Å². The fourth-order valence-corrected chi connectivity index (χ4v) is 3.61. The molecule has 0 heterocycles. The van der Waals surface area contributed by atoms with Crippen LogP contribution < -0.4 is 0 Å². The maximum atomic E-state index is 2.45. The van der Waals surface area contributed by atoms with E-state index >= 15 is 0 Å². The van der Waals surface area contributed by atoms with Gasteiger partial charge in [-0.1, -0.05) is 47.5 Å². The number of rotatable bonds is 2. The van der Waals surface area contributed by atoms with E-state index in [0.29, 0.717) is 5.41 Å². The van der Waals surface area contributed by atoms with Crippen molar-refractivity contribution >= 4 is 0 Å². The van der Waals surface area contributed by atoms with Crippen LogP contribution >= 0.6 is 0 Å². The lowest BCUT2D eigenvalue weighted by Gasteiger charge is -2.42. The van der Waals surface area contributed by atoms with Crippen molar-refractivity contribution in [2.75, 3.05) is 0 Å². The van der Waals surface area contributed by atoms with E-state index in [0.717, 1.165) is 17.8 Å². The molecule has 72 valence electrons. The first-order chi connectivity index (χ1) is 5.51. The molecule has 0 aromatic rings. The molecule has 1 aliphatic rings. The lowest BCUT2D eigenvalue weighted by Crippen LogP contribution is -2.35. The maximum absolute atomic E-state index is 2.45. The third-order valence-corrected chi connectivity index (χ3v) is 4.31. The summed E-state index contributed by atoms with van der Waals surface area (Å²) in [6.07, 6.45) is 4.37. The molecule has 1 atom stereocenters. The van der Waals surface area contributed by atoms with Crippen LogP contribution in [0.3, 0.4) is 0 Å². The summed E-state index contributed by atoms with van der Waals surface area (Å²) in [7, 11) is 0. The minimum Gasteiger partial charge on any atom is -0.0622 e. The molecule has 0 nitrogen and oxygen atoms in total. The molecule has 1 saturated carbocycles. The molecular formula is C12H24. The zero-order chi connectivity index (χ0) is 9.35. The summed E-state index contributed by atoms with van der Waals surface area (Å²) >= 11 is 0. The van der Waals surface area contributed by atoms with Gasteiger partial charge in [0.05, 0.1) is 0 Å². The highest BCUT2D eigenvalue weighted by Crippen LogP contribution is 2.53. The largest absolute Gasteiger partial charge is 0.0622 e. The Hall–Kier alpha value is 0. The molecule has 1 unspecified atom stereocenters. The average molecular weight is 168 g/mol. The standard InChI is InChI=1S/C12H24/c1-9(2)12(10(3)4)8-6-7-11(12)5/h9-11H,6-8H2,1-5H3. The van der Waals surface area contributed by atoms with Crippen molar-refractivity contribution in [3.63, 3.8) is 0 Å². The molecule has 1 aliphatic carbocycles. The van der Waals surface area contributed by atoms with Gasteiger partial charge in [-0.3, -0.25) is 0 Å². The van der Waals surface area contributed by atoms with E-state index in [2.05, 4.69) is 34.6 Å². The Morgan fingerprint density at radius 1 is 1.08 bits per heavy atom. The second-order valence-corrected chi connectivity index (χ2v) is 5.22. The van der Waals surface area contributed by atoms with Crippen LogP contribution in [0, 0.1) is 23.2 Å². The Morgan fingerprint density at radius 2 is 1.58 bits per heavy atom. The van der Waals surface area contributed by atoms with Gasteiger partial charge in [0.1, 0.15) is 0 Å². The van der Waals surface area contributed by atoms with Gasteiger partial charge >= 0.3 is 0 Å². The average Bonchev–Trinajstić information content (AvgIpc) is 2.31. The Labute approximate surface area is 77.7 Å². The number of hydrogen-bond donors (Lipinski definition) is 0. The highest BCUT2D eigenvalue weighted by molar-refractivity contribution is 4.94. The van der Waals surface area contributed by atoms with Crippen LogP contribution in [-0.2, 0) is 0 Å². The molecule has 0 aromatic heterocycles. The molecule has 0 bridgehead atoms. The minimum absolute atomic E-state index is 0.653. The summed E-state index contributed by atoms with van der Waals surface area (Å²) in [4.78, 5) is 0. The van der Waals surface area contributed by atoms with Gasteiger partial charge < -0.3 is 0 Å². The van der Waals surface area contributed by atoms with Crippen LogP contribution in [-0.4, -0.2) is 0 Å². The van der Waals surface area contributed by atoms with E-state index in [1.807, 2.05) is 0 Å². The first kappa shape index (κ1) is 10.1. The molecule has 0 heteroatoms. The van der Waals surface area contributed by atoms with Crippen LogP contribution in [0.2, 0.25) is 0 Å². The van der Waals surface area contributed by atoms with Crippen molar-refractivity contribution in [3.8, 4) is 0 Å². The Kier molecular flexibility index (Phi) is 2.85. The third-order valence-electron chi connectivity index (χ3n) is 4.31. The summed E-state index contributed by atoms with van der Waals surface area (Å²) in [5.41, 5.74) is 0.653. The van der Waals surface area contributed by atoms with E-state index < -0.39 is 0 Å². The second kappa shape index (κ2) is 3.40. The summed E-state index contributed by atoms with van der Waals surface area (Å²) in [6, 6.07) is 0. The summed E-state index contributed by atoms with van der Waals surface area (Å²) in [5, 5.41) is 0. The molecule has 1 rings (SSSR count). The lowest BCUT2D eigenvalue weighted by atomic mass is 9.63. The van der Waals surface area contributed by atoms with Crippen LogP contribution in [0.1, 0.15) is 53.9 Å². The summed E-state index contributed by atoms with van der Waals surface area (Å²) in [6.45, 7) is 12.1. The molecule has 0 saturated heterocycles. The smallest absolute Gasteiger partial charge is 0.0226 e. The molecule has 1 fully saturated rings. The van der Waals surface area contributed by atoms with Gasteiger partial charge in [0.2, 0.25) is 0 Å². The summed E-state index contributed by atoms with van der Waals surface area (Å²) < 4.78 is 0. The third kappa shape index (κ3) is 1.30. The molecule has 12 heavy (non-hydrogen) atoms. The van der Waals surface area contributed by atoms with E-state index in [4.69, 9.17) is 0 Å². The monoisotopic (exact) mass is 168 g/mol. The molecule has 0 spiro atoms. The number of hydrogen-bond acceptors (Lipinski definition) is 0. The van der Waals surface area contributed by atoms with Gasteiger partial charge in [-0.15, -0.1) is 0 Å². The molecule has 0 aromatic carbocycles. The van der Waals surface area contributed by atoms with Gasteiger partial charge in [0.25, 0.3) is 0 Å². The molecule has 0 radical (unpaired) electrons. The van der Waals surface area contributed by atoms with Crippen molar-refractivity contribution in [3.05, 3.63) is 0 Å². The molecular weight excluding hydrogens is 144 g/mol. The van der Waals surface area contributed by atoms with E-state index in [9.17, 15) is 0 Å². The SMILES string of the molecule is CC(C)C1(C(C)C)CCCC1C. The van der Waals surface area contributed by atoms with Crippen molar-refractivity contribution in [1.82, 2.24) is 0 Å². The van der Waals surface area contributed by atoms with Gasteiger partial charge in [0.15, 0.2) is 0 Å². The van der Waals surface area contributed by atoms with Crippen molar-refractivity contribution in [1.29, 1.82) is 0 Å². The predicted molar refractivity (Wildman–Crippen MR) is 55.1 cm³/mol. The lowest BCUT2D eigenvalue weighted by molar-refractivity contribution is 0.0683. The highest BCUT2D eigenvalue weighted by Gasteiger charge is 2.44. The van der Waals surface area contributed by atoms with Crippen molar-refractivity contribution in [2.45, 2.75) is 53.9 Å². The van der Waals surface area contributed by atoms with Crippen LogP contribution in [0.5, 0.6) is 0 Å². The predicted octanol–water partition coefficient (Wildman–Crippen LogP) is 4.10. The Morgan fingerprint density at radius 3 is 1.75 bits per heavy atom. The molecule has 0 aliphatic heterocycles. The Balaban J connectivity index is 2.85. The van der Waals surface area contributed by atoms with E-state index in [-0.39, 0.29) is 0 Å². The van der Waals surface area contributed by atoms with Gasteiger partial charge in [-0.05, 0) is 29.6 Å². The van der Waals surface area contributed by atoms with E-state index in [1.54, 1.807) is 0 Å². The maximum Gasteiger partial charge on any atom is -0.0226 e. The van der Waals surface area contributed by atoms with Crippen LogP contribution in [0.25, 0.3) is 0 Å². The van der Waals surface area contributed by atoms with Gasteiger partial charge in [-0.25, -0.2) is 0 Å². The van der Waals surface area contributed by atoms with Gasteiger partial charge in [0, 0.05) is 0 Å². The molecule has 0 N–H and O–H groups in total. The second-order valence-electron chi connectivity index (χ2n) is 5.22. The zero-order valence-electron chi connectivity index (χ0n) is 9.35. The molecule has 0 amide bonds. The van der Waals surface area contributed by atoms with Crippen LogP contribution in [0.15, 0.2) is 0 Å². The topological polar surface area (TPSA) is 0 Å². The quantitative estimate of drug-likeness (QED) is 0.582. The Bertz CT molecular complexity index is 136. The first-order valence-electron chi connectivity index (χ1n) is 5.51. The van der Waals surface area contributed by atoms with Gasteiger partial charge in [-0.2, -0.15) is 0 Å². The first-order valence-corrected chi connectivity index (χ1v) is 5.51. The van der Waals surface area contributed by atoms with Crippen molar-refractivity contribution in [2.24, 2.45) is 23.2 Å². The van der Waals surface area contributed by atoms with Crippen molar-refractivity contribution < 1.29 is 0 Å². The van der Waals surface area contributed by atoms with Crippen LogP contribution in [0.4, 0.5) is 0 Å².